The number of carbonyl (C=O) groups excluding carboxylic acids is 1. The van der Waals surface area contributed by atoms with Crippen molar-refractivity contribution in [3.63, 3.8) is 0 Å². The lowest BCUT2D eigenvalue weighted by Crippen LogP contribution is -2.20. The molecule has 82 valence electrons. The Kier molecular flexibility index (Phi) is 2.37. The summed E-state index contributed by atoms with van der Waals surface area (Å²) in [4.78, 5) is 11.0. The zero-order valence-electron chi connectivity index (χ0n) is 10.1. The van der Waals surface area contributed by atoms with Crippen LogP contribution in [-0.2, 0) is 4.79 Å². The van der Waals surface area contributed by atoms with E-state index in [4.69, 9.17) is 0 Å². The molecule has 2 rings (SSSR count). The molecule has 1 heteroatoms. The van der Waals surface area contributed by atoms with Gasteiger partial charge in [0.25, 0.3) is 0 Å². The number of hydrogen-bond donors (Lipinski definition) is 0. The second kappa shape index (κ2) is 3.33. The van der Waals surface area contributed by atoms with Crippen LogP contribution in [0.2, 0.25) is 0 Å². The smallest absolute Gasteiger partial charge is 0.152 e. The molecule has 15 heavy (non-hydrogen) atoms. The van der Waals surface area contributed by atoms with Crippen LogP contribution in [0.4, 0.5) is 0 Å². The van der Waals surface area contributed by atoms with Gasteiger partial charge in [0, 0.05) is 0 Å². The standard InChI is InChI=1S/C14H20O/c1-9(15)5-6-13-10(2)12-7-11(12)8-14(13,3)4/h5-6,11-12H,7-8H2,1-4H3/b6-5+. The normalized spacial score (nSPS) is 33.1. The second-order valence-electron chi connectivity index (χ2n) is 5.73. The summed E-state index contributed by atoms with van der Waals surface area (Å²) in [6.45, 7) is 8.45. The zero-order chi connectivity index (χ0) is 11.2. The summed E-state index contributed by atoms with van der Waals surface area (Å²) in [5, 5.41) is 0. The minimum atomic E-state index is 0.143. The highest BCUT2D eigenvalue weighted by molar-refractivity contribution is 5.87. The summed E-state index contributed by atoms with van der Waals surface area (Å²) in [5.41, 5.74) is 3.18. The monoisotopic (exact) mass is 204 g/mol. The molecular weight excluding hydrogens is 184 g/mol. The van der Waals surface area contributed by atoms with Crippen LogP contribution in [0, 0.1) is 17.3 Å². The van der Waals surface area contributed by atoms with Crippen LogP contribution in [0.3, 0.4) is 0 Å². The summed E-state index contributed by atoms with van der Waals surface area (Å²) >= 11 is 0. The third-order valence-corrected chi connectivity index (χ3v) is 3.89. The predicted molar refractivity (Wildman–Crippen MR) is 62.5 cm³/mol. The van der Waals surface area contributed by atoms with Crippen molar-refractivity contribution in [3.05, 3.63) is 23.3 Å². The largest absolute Gasteiger partial charge is 0.295 e. The van der Waals surface area contributed by atoms with Crippen LogP contribution >= 0.6 is 0 Å². The summed E-state index contributed by atoms with van der Waals surface area (Å²) in [5.74, 6) is 1.89. The van der Waals surface area contributed by atoms with Gasteiger partial charge in [-0.15, -0.1) is 0 Å². The van der Waals surface area contributed by atoms with Gasteiger partial charge < -0.3 is 0 Å². The van der Waals surface area contributed by atoms with Crippen LogP contribution in [0.5, 0.6) is 0 Å². The Labute approximate surface area is 92.3 Å². The molecule has 0 aliphatic heterocycles. The minimum absolute atomic E-state index is 0.143. The van der Waals surface area contributed by atoms with Crippen LogP contribution in [0.1, 0.15) is 40.5 Å². The molecule has 0 heterocycles. The van der Waals surface area contributed by atoms with Crippen molar-refractivity contribution in [2.75, 3.05) is 0 Å². The molecule has 0 aromatic carbocycles. The molecular formula is C14H20O. The van der Waals surface area contributed by atoms with Crippen LogP contribution < -0.4 is 0 Å². The van der Waals surface area contributed by atoms with Crippen molar-refractivity contribution < 1.29 is 4.79 Å². The van der Waals surface area contributed by atoms with Gasteiger partial charge in [-0.25, -0.2) is 0 Å². The quantitative estimate of drug-likeness (QED) is 0.629. The zero-order valence-corrected chi connectivity index (χ0v) is 10.1. The Morgan fingerprint density at radius 1 is 1.47 bits per heavy atom. The molecule has 1 nitrogen and oxygen atoms in total. The maximum absolute atomic E-state index is 11.0. The van der Waals surface area contributed by atoms with Crippen molar-refractivity contribution in [1.29, 1.82) is 0 Å². The molecule has 0 amide bonds. The van der Waals surface area contributed by atoms with E-state index in [1.165, 1.54) is 24.0 Å². The summed E-state index contributed by atoms with van der Waals surface area (Å²) in [6, 6.07) is 0. The Balaban J connectivity index is 2.32. The van der Waals surface area contributed by atoms with Gasteiger partial charge in [-0.05, 0) is 55.6 Å². The first-order valence-electron chi connectivity index (χ1n) is 5.82. The van der Waals surface area contributed by atoms with Gasteiger partial charge in [0.1, 0.15) is 0 Å². The van der Waals surface area contributed by atoms with Crippen LogP contribution in [-0.4, -0.2) is 5.78 Å². The average molecular weight is 204 g/mol. The SMILES string of the molecule is CC(=O)/C=C/C1=C(C)C2CC2CC1(C)C. The van der Waals surface area contributed by atoms with E-state index in [0.29, 0.717) is 0 Å². The molecule has 2 unspecified atom stereocenters. The highest BCUT2D eigenvalue weighted by Crippen LogP contribution is 2.58. The second-order valence-corrected chi connectivity index (χ2v) is 5.73. The number of rotatable bonds is 2. The highest BCUT2D eigenvalue weighted by atomic mass is 16.1. The van der Waals surface area contributed by atoms with Gasteiger partial charge in [-0.1, -0.05) is 25.5 Å². The van der Waals surface area contributed by atoms with E-state index >= 15 is 0 Å². The lowest BCUT2D eigenvalue weighted by Gasteiger charge is -2.32. The molecule has 1 saturated carbocycles. The van der Waals surface area contributed by atoms with Gasteiger partial charge in [-0.3, -0.25) is 4.79 Å². The van der Waals surface area contributed by atoms with Crippen molar-refractivity contribution in [2.45, 2.75) is 40.5 Å². The molecule has 0 saturated heterocycles. The number of carbonyl (C=O) groups is 1. The summed E-state index contributed by atoms with van der Waals surface area (Å²) < 4.78 is 0. The Bertz CT molecular complexity index is 358. The molecule has 1 fully saturated rings. The first-order chi connectivity index (χ1) is 6.92. The van der Waals surface area contributed by atoms with E-state index in [0.717, 1.165) is 11.8 Å². The van der Waals surface area contributed by atoms with Crippen molar-refractivity contribution in [3.8, 4) is 0 Å². The van der Waals surface area contributed by atoms with Crippen LogP contribution in [0.25, 0.3) is 0 Å². The molecule has 0 bridgehead atoms. The lowest BCUT2D eigenvalue weighted by atomic mass is 9.72. The third kappa shape index (κ3) is 1.92. The van der Waals surface area contributed by atoms with Gasteiger partial charge in [0.15, 0.2) is 5.78 Å². The molecule has 2 aliphatic carbocycles. The predicted octanol–water partition coefficient (Wildman–Crippen LogP) is 3.51. The van der Waals surface area contributed by atoms with Crippen molar-refractivity contribution >= 4 is 5.78 Å². The fourth-order valence-corrected chi connectivity index (χ4v) is 3.06. The Morgan fingerprint density at radius 2 is 2.13 bits per heavy atom. The topological polar surface area (TPSA) is 17.1 Å². The van der Waals surface area contributed by atoms with E-state index in [1.807, 2.05) is 6.08 Å². The van der Waals surface area contributed by atoms with Gasteiger partial charge in [-0.2, -0.15) is 0 Å². The van der Waals surface area contributed by atoms with E-state index in [2.05, 4.69) is 20.8 Å². The first-order valence-corrected chi connectivity index (χ1v) is 5.82. The van der Waals surface area contributed by atoms with Gasteiger partial charge in [0.2, 0.25) is 0 Å². The minimum Gasteiger partial charge on any atom is -0.295 e. The number of fused-ring (bicyclic) bond motifs is 1. The molecule has 0 aromatic heterocycles. The molecule has 0 N–H and O–H groups in total. The van der Waals surface area contributed by atoms with E-state index in [1.54, 1.807) is 13.0 Å². The molecule has 0 aromatic rings. The number of ketones is 1. The average Bonchev–Trinajstić information content (AvgIpc) is 2.80. The molecule has 0 spiro atoms. The van der Waals surface area contributed by atoms with E-state index < -0.39 is 0 Å². The van der Waals surface area contributed by atoms with Gasteiger partial charge in [0.05, 0.1) is 0 Å². The molecule has 2 atom stereocenters. The van der Waals surface area contributed by atoms with E-state index in [9.17, 15) is 4.79 Å². The Hall–Kier alpha value is -0.850. The van der Waals surface area contributed by atoms with Crippen molar-refractivity contribution in [2.24, 2.45) is 17.3 Å². The first kappa shape index (κ1) is 10.7. The fraction of sp³-hybridized carbons (Fsp3) is 0.643. The molecule has 2 aliphatic rings. The Morgan fingerprint density at radius 3 is 2.73 bits per heavy atom. The van der Waals surface area contributed by atoms with Gasteiger partial charge >= 0.3 is 0 Å². The number of hydrogen-bond acceptors (Lipinski definition) is 1. The summed E-state index contributed by atoms with van der Waals surface area (Å²) in [6.07, 6.45) is 6.41. The molecule has 0 radical (unpaired) electrons. The third-order valence-electron chi connectivity index (χ3n) is 3.89. The summed E-state index contributed by atoms with van der Waals surface area (Å²) in [7, 11) is 0. The van der Waals surface area contributed by atoms with Crippen LogP contribution in [0.15, 0.2) is 23.3 Å². The lowest BCUT2D eigenvalue weighted by molar-refractivity contribution is -0.112. The fourth-order valence-electron chi connectivity index (χ4n) is 3.06. The maximum Gasteiger partial charge on any atom is 0.152 e. The highest BCUT2D eigenvalue weighted by Gasteiger charge is 2.47. The van der Waals surface area contributed by atoms with Crippen molar-refractivity contribution in [1.82, 2.24) is 0 Å². The van der Waals surface area contributed by atoms with E-state index in [-0.39, 0.29) is 11.2 Å². The maximum atomic E-state index is 11.0. The number of allylic oxidation sites excluding steroid dienone is 4.